The smallest absolute Gasteiger partial charge is 0.236 e. The minimum absolute atomic E-state index is 0. The number of rotatable bonds is 6. The van der Waals surface area contributed by atoms with E-state index in [1.807, 2.05) is 23.6 Å². The average molecular weight is 397 g/mol. The predicted molar refractivity (Wildman–Crippen MR) is 105 cm³/mol. The topological polar surface area (TPSA) is 69.9 Å². The molecular formula is C17H34Cl2N4O2. The van der Waals surface area contributed by atoms with Gasteiger partial charge in [0.15, 0.2) is 0 Å². The van der Waals surface area contributed by atoms with Crippen molar-refractivity contribution >= 4 is 36.6 Å². The molecule has 2 N–H and O–H groups in total. The summed E-state index contributed by atoms with van der Waals surface area (Å²) in [4.78, 5) is 31.2. The summed E-state index contributed by atoms with van der Waals surface area (Å²) in [6, 6.07) is 0. The molecule has 6 nitrogen and oxygen atoms in total. The van der Waals surface area contributed by atoms with E-state index in [1.54, 1.807) is 0 Å². The Hall–Kier alpha value is -0.560. The van der Waals surface area contributed by atoms with Crippen molar-refractivity contribution in [2.45, 2.75) is 39.5 Å². The number of nitrogens with zero attached hydrogens (tertiary/aromatic N) is 3. The van der Waals surface area contributed by atoms with Crippen LogP contribution in [0.3, 0.4) is 0 Å². The van der Waals surface area contributed by atoms with Gasteiger partial charge in [-0.25, -0.2) is 0 Å². The first kappa shape index (κ1) is 24.4. The van der Waals surface area contributed by atoms with Gasteiger partial charge in [0.05, 0.1) is 12.0 Å². The van der Waals surface area contributed by atoms with Crippen LogP contribution in [0.2, 0.25) is 0 Å². The molecule has 0 bridgehead atoms. The fourth-order valence-electron chi connectivity index (χ4n) is 3.65. The van der Waals surface area contributed by atoms with Gasteiger partial charge in [0.25, 0.3) is 0 Å². The molecule has 148 valence electrons. The fraction of sp³-hybridized carbons (Fsp3) is 0.882. The number of carbonyl (C=O) groups excluding carboxylic acids is 2. The molecule has 0 unspecified atom stereocenters. The van der Waals surface area contributed by atoms with Crippen LogP contribution in [-0.2, 0) is 9.59 Å². The van der Waals surface area contributed by atoms with E-state index in [0.717, 1.165) is 25.9 Å². The Morgan fingerprint density at radius 1 is 0.880 bits per heavy atom. The number of piperazine rings is 1. The van der Waals surface area contributed by atoms with Crippen LogP contribution in [0.5, 0.6) is 0 Å². The van der Waals surface area contributed by atoms with Crippen LogP contribution in [-0.4, -0.2) is 78.9 Å². The SMILES string of the molecule is CCC(CC)(CN)C(=O)N1CCN(C(=O)CN2CCCC2)CC1.Cl.Cl. The van der Waals surface area contributed by atoms with Crippen molar-refractivity contribution in [1.82, 2.24) is 14.7 Å². The maximum absolute atomic E-state index is 12.8. The summed E-state index contributed by atoms with van der Waals surface area (Å²) in [6.07, 6.45) is 3.94. The van der Waals surface area contributed by atoms with Crippen molar-refractivity contribution in [3.05, 3.63) is 0 Å². The largest absolute Gasteiger partial charge is 0.339 e. The van der Waals surface area contributed by atoms with Gasteiger partial charge in [-0.05, 0) is 38.8 Å². The lowest BCUT2D eigenvalue weighted by Crippen LogP contribution is -2.56. The van der Waals surface area contributed by atoms with Gasteiger partial charge < -0.3 is 15.5 Å². The Morgan fingerprint density at radius 2 is 1.36 bits per heavy atom. The summed E-state index contributed by atoms with van der Waals surface area (Å²) in [5.41, 5.74) is 5.46. The molecule has 0 atom stereocenters. The highest BCUT2D eigenvalue weighted by molar-refractivity contribution is 5.85. The Balaban J connectivity index is 0.00000288. The molecule has 2 amide bonds. The van der Waals surface area contributed by atoms with Gasteiger partial charge in [-0.2, -0.15) is 0 Å². The first-order valence-corrected chi connectivity index (χ1v) is 9.06. The molecule has 0 aromatic rings. The van der Waals surface area contributed by atoms with E-state index in [0.29, 0.717) is 39.3 Å². The molecule has 0 saturated carbocycles. The average Bonchev–Trinajstić information content (AvgIpc) is 3.10. The highest BCUT2D eigenvalue weighted by atomic mass is 35.5. The second-order valence-electron chi connectivity index (χ2n) is 6.85. The molecule has 2 heterocycles. The van der Waals surface area contributed by atoms with Crippen LogP contribution in [0.15, 0.2) is 0 Å². The summed E-state index contributed by atoms with van der Waals surface area (Å²) >= 11 is 0. The summed E-state index contributed by atoms with van der Waals surface area (Å²) in [5, 5.41) is 0. The van der Waals surface area contributed by atoms with E-state index in [4.69, 9.17) is 5.73 Å². The van der Waals surface area contributed by atoms with E-state index < -0.39 is 5.41 Å². The summed E-state index contributed by atoms with van der Waals surface area (Å²) in [5.74, 6) is 0.367. The third-order valence-electron chi connectivity index (χ3n) is 5.68. The first-order valence-electron chi connectivity index (χ1n) is 9.06. The van der Waals surface area contributed by atoms with Crippen LogP contribution in [0.4, 0.5) is 0 Å². The highest BCUT2D eigenvalue weighted by Crippen LogP contribution is 2.28. The Kier molecular flexibility index (Phi) is 11.0. The van der Waals surface area contributed by atoms with Gasteiger partial charge in [0.2, 0.25) is 11.8 Å². The van der Waals surface area contributed by atoms with E-state index in [2.05, 4.69) is 4.90 Å². The molecule has 2 aliphatic rings. The zero-order valence-corrected chi connectivity index (χ0v) is 17.2. The lowest BCUT2D eigenvalue weighted by molar-refractivity contribution is -0.147. The maximum Gasteiger partial charge on any atom is 0.236 e. The van der Waals surface area contributed by atoms with E-state index in [-0.39, 0.29) is 36.6 Å². The minimum Gasteiger partial charge on any atom is -0.339 e. The Morgan fingerprint density at radius 3 is 1.80 bits per heavy atom. The third kappa shape index (κ3) is 5.71. The van der Waals surface area contributed by atoms with Crippen molar-refractivity contribution in [1.29, 1.82) is 0 Å². The molecule has 0 spiro atoms. The molecule has 8 heteroatoms. The molecule has 2 aliphatic heterocycles. The van der Waals surface area contributed by atoms with Gasteiger partial charge >= 0.3 is 0 Å². The summed E-state index contributed by atoms with van der Waals surface area (Å²) in [7, 11) is 0. The maximum atomic E-state index is 12.8. The normalized spacial score (nSPS) is 18.5. The van der Waals surface area contributed by atoms with Crippen molar-refractivity contribution in [3.8, 4) is 0 Å². The number of likely N-dealkylation sites (tertiary alicyclic amines) is 1. The van der Waals surface area contributed by atoms with E-state index in [9.17, 15) is 9.59 Å². The second kappa shape index (κ2) is 11.2. The molecule has 2 rings (SSSR count). The van der Waals surface area contributed by atoms with Crippen molar-refractivity contribution in [3.63, 3.8) is 0 Å². The number of nitrogens with two attached hydrogens (primary N) is 1. The zero-order valence-electron chi connectivity index (χ0n) is 15.5. The lowest BCUT2D eigenvalue weighted by Gasteiger charge is -2.40. The zero-order chi connectivity index (χ0) is 16.9. The van der Waals surface area contributed by atoms with Crippen molar-refractivity contribution in [2.24, 2.45) is 11.1 Å². The standard InChI is InChI=1S/C17H32N4O2.2ClH/c1-3-17(4-2,14-18)16(23)21-11-9-20(10-12-21)15(22)13-19-7-5-6-8-19;;/h3-14,18H2,1-2H3;2*1H. The van der Waals surface area contributed by atoms with Crippen LogP contribution in [0.25, 0.3) is 0 Å². The molecule has 0 aromatic heterocycles. The monoisotopic (exact) mass is 396 g/mol. The van der Waals surface area contributed by atoms with Gasteiger partial charge in [-0.1, -0.05) is 13.8 Å². The predicted octanol–water partition coefficient (Wildman–Crippen LogP) is 1.36. The quantitative estimate of drug-likeness (QED) is 0.735. The van der Waals surface area contributed by atoms with Crippen molar-refractivity contribution < 1.29 is 9.59 Å². The first-order chi connectivity index (χ1) is 11.1. The molecule has 0 aliphatic carbocycles. The van der Waals surface area contributed by atoms with Gasteiger partial charge in [-0.3, -0.25) is 14.5 Å². The number of hydrogen-bond acceptors (Lipinski definition) is 4. The second-order valence-corrected chi connectivity index (χ2v) is 6.85. The fourth-order valence-corrected chi connectivity index (χ4v) is 3.65. The minimum atomic E-state index is -0.429. The molecule has 0 radical (unpaired) electrons. The Labute approximate surface area is 164 Å². The number of amides is 2. The number of hydrogen-bond donors (Lipinski definition) is 1. The van der Waals surface area contributed by atoms with Crippen molar-refractivity contribution in [2.75, 3.05) is 52.4 Å². The Bertz CT molecular complexity index is 411. The highest BCUT2D eigenvalue weighted by Gasteiger charge is 2.38. The van der Waals surface area contributed by atoms with Gasteiger partial charge in [0, 0.05) is 32.7 Å². The molecule has 2 saturated heterocycles. The lowest BCUT2D eigenvalue weighted by atomic mass is 9.81. The van der Waals surface area contributed by atoms with Crippen LogP contribution < -0.4 is 5.73 Å². The number of carbonyl (C=O) groups is 2. The summed E-state index contributed by atoms with van der Waals surface area (Å²) < 4.78 is 0. The molecule has 2 fully saturated rings. The number of halogens is 2. The summed E-state index contributed by atoms with van der Waals surface area (Å²) in [6.45, 7) is 9.62. The van der Waals surface area contributed by atoms with E-state index >= 15 is 0 Å². The third-order valence-corrected chi connectivity index (χ3v) is 5.68. The van der Waals surface area contributed by atoms with Gasteiger partial charge in [-0.15, -0.1) is 24.8 Å². The van der Waals surface area contributed by atoms with Crippen LogP contribution in [0, 0.1) is 5.41 Å². The molecular weight excluding hydrogens is 363 g/mol. The van der Waals surface area contributed by atoms with Crippen LogP contribution >= 0.6 is 24.8 Å². The molecule has 25 heavy (non-hydrogen) atoms. The van der Waals surface area contributed by atoms with E-state index in [1.165, 1.54) is 12.8 Å². The molecule has 0 aromatic carbocycles. The van der Waals surface area contributed by atoms with Crippen LogP contribution in [0.1, 0.15) is 39.5 Å². The van der Waals surface area contributed by atoms with Gasteiger partial charge in [0.1, 0.15) is 0 Å².